The Morgan fingerprint density at radius 3 is 2.23 bits per heavy atom. The number of rotatable bonds is 14. The summed E-state index contributed by atoms with van der Waals surface area (Å²) in [6, 6.07) is 12.5. The van der Waals surface area contributed by atoms with Gasteiger partial charge in [0.25, 0.3) is 10.1 Å². The smallest absolute Gasteiger partial charge is 0.325 e. The Morgan fingerprint density at radius 2 is 1.66 bits per heavy atom. The first-order valence-corrected chi connectivity index (χ1v) is 17.0. The highest BCUT2D eigenvalue weighted by atomic mass is 32.2. The van der Waals surface area contributed by atoms with Crippen LogP contribution in [0, 0.1) is 5.92 Å². The lowest BCUT2D eigenvalue weighted by atomic mass is 9.95. The summed E-state index contributed by atoms with van der Waals surface area (Å²) in [6.07, 6.45) is 3.08. The minimum Gasteiger partial charge on any atom is -0.491 e. The highest BCUT2D eigenvalue weighted by Gasteiger charge is 2.39. The van der Waals surface area contributed by atoms with Gasteiger partial charge < -0.3 is 9.47 Å². The fraction of sp³-hybridized carbons (Fsp3) is 0.406. The van der Waals surface area contributed by atoms with E-state index in [1.165, 1.54) is 24.3 Å². The summed E-state index contributed by atoms with van der Waals surface area (Å²) in [6.45, 7) is 11.4. The van der Waals surface area contributed by atoms with Crippen LogP contribution in [0.4, 0.5) is 4.39 Å². The summed E-state index contributed by atoms with van der Waals surface area (Å²) in [4.78, 5) is 13.2. The molecule has 0 saturated heterocycles. The predicted molar refractivity (Wildman–Crippen MR) is 166 cm³/mol. The Kier molecular flexibility index (Phi) is 11.7. The fourth-order valence-corrected chi connectivity index (χ4v) is 7.03. The third kappa shape index (κ3) is 9.85. The van der Waals surface area contributed by atoms with Gasteiger partial charge in [-0.3, -0.25) is 8.98 Å². The summed E-state index contributed by atoms with van der Waals surface area (Å²) in [7, 11) is -8.28. The summed E-state index contributed by atoms with van der Waals surface area (Å²) in [5.41, 5.74) is 0.724. The number of hydrogen-bond donors (Lipinski definition) is 0. The maximum atomic E-state index is 14.2. The van der Waals surface area contributed by atoms with Gasteiger partial charge in [0, 0.05) is 13.0 Å². The van der Waals surface area contributed by atoms with E-state index >= 15 is 0 Å². The van der Waals surface area contributed by atoms with E-state index in [0.717, 1.165) is 9.88 Å². The van der Waals surface area contributed by atoms with Gasteiger partial charge in [-0.15, -0.1) is 0 Å². The molecule has 0 saturated carbocycles. The SMILES string of the molecule is C=C(F)C[C@@H](C(=O)OC(C)(C)C)N(Cc1ccccc1)S(=O)(=O)c1ccc(OCCOS(=O)(=O)C2=CC=C(C)C(C)C2)cc1. The maximum absolute atomic E-state index is 14.2. The molecule has 0 fully saturated rings. The van der Waals surface area contributed by atoms with Gasteiger partial charge in [-0.2, -0.15) is 12.7 Å². The molecule has 3 rings (SSSR count). The monoisotopic (exact) mass is 649 g/mol. The molecule has 44 heavy (non-hydrogen) atoms. The average Bonchev–Trinajstić information content (AvgIpc) is 2.94. The number of allylic oxidation sites excluding steroid dienone is 4. The minimum atomic E-state index is -4.37. The van der Waals surface area contributed by atoms with E-state index in [9.17, 15) is 26.0 Å². The Morgan fingerprint density at radius 1 is 1.02 bits per heavy atom. The van der Waals surface area contributed by atoms with Crippen LogP contribution in [0.2, 0.25) is 0 Å². The van der Waals surface area contributed by atoms with Crippen molar-refractivity contribution in [2.45, 2.75) is 70.5 Å². The lowest BCUT2D eigenvalue weighted by molar-refractivity contribution is -0.159. The van der Waals surface area contributed by atoms with Crippen molar-refractivity contribution in [3.63, 3.8) is 0 Å². The van der Waals surface area contributed by atoms with Crippen molar-refractivity contribution in [3.8, 4) is 5.75 Å². The van der Waals surface area contributed by atoms with Gasteiger partial charge in [0.2, 0.25) is 10.0 Å². The van der Waals surface area contributed by atoms with Crippen LogP contribution >= 0.6 is 0 Å². The number of carbonyl (C=O) groups excluding carboxylic acids is 1. The Labute approximate surface area is 260 Å². The number of benzene rings is 2. The zero-order valence-electron chi connectivity index (χ0n) is 25.7. The van der Waals surface area contributed by atoms with E-state index in [0.29, 0.717) is 12.0 Å². The molecular weight excluding hydrogens is 609 g/mol. The third-order valence-corrected chi connectivity index (χ3v) is 10.1. The largest absolute Gasteiger partial charge is 0.491 e. The van der Waals surface area contributed by atoms with E-state index in [2.05, 4.69) is 6.58 Å². The second-order valence-corrected chi connectivity index (χ2v) is 15.1. The summed E-state index contributed by atoms with van der Waals surface area (Å²) >= 11 is 0. The maximum Gasteiger partial charge on any atom is 0.325 e. The van der Waals surface area contributed by atoms with Crippen LogP contribution in [-0.4, -0.2) is 52.0 Å². The van der Waals surface area contributed by atoms with Gasteiger partial charge in [0.1, 0.15) is 30.6 Å². The predicted octanol–water partition coefficient (Wildman–Crippen LogP) is 6.06. The quantitative estimate of drug-likeness (QED) is 0.138. The highest BCUT2D eigenvalue weighted by molar-refractivity contribution is 7.90. The molecule has 2 aromatic carbocycles. The zero-order valence-corrected chi connectivity index (χ0v) is 27.3. The molecule has 12 heteroatoms. The van der Waals surface area contributed by atoms with Gasteiger partial charge >= 0.3 is 5.97 Å². The highest BCUT2D eigenvalue weighted by Crippen LogP contribution is 2.29. The lowest BCUT2D eigenvalue weighted by Crippen LogP contribution is -2.47. The lowest BCUT2D eigenvalue weighted by Gasteiger charge is -2.31. The number of halogens is 1. The fourth-order valence-electron chi connectivity index (χ4n) is 4.34. The first-order valence-electron chi connectivity index (χ1n) is 14.1. The summed E-state index contributed by atoms with van der Waals surface area (Å²) in [5.74, 6) is -1.42. The van der Waals surface area contributed by atoms with Crippen molar-refractivity contribution >= 4 is 26.1 Å². The van der Waals surface area contributed by atoms with E-state index in [4.69, 9.17) is 13.7 Å². The third-order valence-electron chi connectivity index (χ3n) is 6.78. The van der Waals surface area contributed by atoms with Crippen LogP contribution in [0.5, 0.6) is 5.75 Å². The number of hydrogen-bond acceptors (Lipinski definition) is 8. The summed E-state index contributed by atoms with van der Waals surface area (Å²) in [5, 5.41) is 0. The van der Waals surface area contributed by atoms with Crippen LogP contribution < -0.4 is 4.74 Å². The van der Waals surface area contributed by atoms with Gasteiger partial charge in [0.15, 0.2) is 0 Å². The molecule has 2 atom stereocenters. The van der Waals surface area contributed by atoms with Crippen molar-refractivity contribution in [3.05, 3.63) is 95.2 Å². The molecule has 0 N–H and O–H groups in total. The van der Waals surface area contributed by atoms with Crippen molar-refractivity contribution < 1.29 is 39.7 Å². The van der Waals surface area contributed by atoms with E-state index in [1.54, 1.807) is 63.3 Å². The van der Waals surface area contributed by atoms with Gasteiger partial charge in [-0.05, 0) is 75.9 Å². The van der Waals surface area contributed by atoms with Crippen molar-refractivity contribution in [1.82, 2.24) is 4.31 Å². The molecule has 1 aliphatic rings. The molecule has 9 nitrogen and oxygen atoms in total. The number of carbonyl (C=O) groups is 1. The standard InChI is InChI=1S/C32H40FNO8S2/c1-23-12-15-29(20-24(23)2)44(38,39)41-19-18-40-27-13-16-28(17-14-27)43(36,37)34(22-26-10-8-7-9-11-26)30(21-25(3)33)31(35)42-32(4,5)6/h7-17,24,30H,3,18-22H2,1-2,4-6H3/t24?,30-/m0/s1. The van der Waals surface area contributed by atoms with Crippen LogP contribution in [0.15, 0.2) is 94.5 Å². The molecule has 0 aliphatic heterocycles. The minimum absolute atomic E-state index is 0.0956. The Hall–Kier alpha value is -3.32. The number of esters is 1. The summed E-state index contributed by atoms with van der Waals surface area (Å²) < 4.78 is 84.2. The topological polar surface area (TPSA) is 116 Å². The van der Waals surface area contributed by atoms with Crippen LogP contribution in [-0.2, 0) is 40.4 Å². The first kappa shape index (κ1) is 35.2. The van der Waals surface area contributed by atoms with E-state index in [-0.39, 0.29) is 41.2 Å². The van der Waals surface area contributed by atoms with Crippen LogP contribution in [0.1, 0.15) is 53.0 Å². The number of ether oxygens (including phenoxy) is 2. The van der Waals surface area contributed by atoms with Gasteiger partial charge in [0.05, 0.1) is 15.6 Å². The molecule has 0 heterocycles. The Bertz CT molecular complexity index is 1590. The molecule has 0 spiro atoms. The second-order valence-electron chi connectivity index (χ2n) is 11.6. The second kappa shape index (κ2) is 14.6. The molecule has 240 valence electrons. The molecular formula is C32H40FNO8S2. The van der Waals surface area contributed by atoms with Crippen molar-refractivity contribution in [2.24, 2.45) is 5.92 Å². The molecule has 0 aromatic heterocycles. The van der Waals surface area contributed by atoms with Crippen molar-refractivity contribution in [1.29, 1.82) is 0 Å². The molecule has 0 bridgehead atoms. The van der Waals surface area contributed by atoms with E-state index < -0.39 is 50.0 Å². The molecule has 0 amide bonds. The zero-order chi connectivity index (χ0) is 32.7. The van der Waals surface area contributed by atoms with Gasteiger partial charge in [-0.1, -0.05) is 55.5 Å². The number of nitrogens with zero attached hydrogens (tertiary/aromatic N) is 1. The van der Waals surface area contributed by atoms with Crippen LogP contribution in [0.3, 0.4) is 0 Å². The first-order chi connectivity index (χ1) is 20.5. The van der Waals surface area contributed by atoms with Gasteiger partial charge in [-0.25, -0.2) is 12.8 Å². The normalized spacial score (nSPS) is 16.6. The van der Waals surface area contributed by atoms with Crippen molar-refractivity contribution in [2.75, 3.05) is 13.2 Å². The molecule has 1 aliphatic carbocycles. The van der Waals surface area contributed by atoms with E-state index in [1.807, 2.05) is 13.8 Å². The average molecular weight is 650 g/mol. The molecule has 0 radical (unpaired) electrons. The number of sulfonamides is 1. The molecule has 1 unspecified atom stereocenters. The molecule has 2 aromatic rings. The Balaban J connectivity index is 1.77. The van der Waals surface area contributed by atoms with Crippen LogP contribution in [0.25, 0.3) is 0 Å².